The summed E-state index contributed by atoms with van der Waals surface area (Å²) < 4.78 is 0. The van der Waals surface area contributed by atoms with Gasteiger partial charge < -0.3 is 16.0 Å². The molecule has 5 heteroatoms. The Balaban J connectivity index is 0.00000144. The lowest BCUT2D eigenvalue weighted by Crippen LogP contribution is -2.47. The number of rotatable bonds is 3. The lowest BCUT2D eigenvalue weighted by atomic mass is 10.1. The summed E-state index contributed by atoms with van der Waals surface area (Å²) in [5.41, 5.74) is 0. The van der Waals surface area contributed by atoms with E-state index in [9.17, 15) is 4.79 Å². The maximum absolute atomic E-state index is 11.1. The number of hydrogen-bond donors (Lipinski definition) is 3. The number of amides is 1. The van der Waals surface area contributed by atoms with E-state index in [0.29, 0.717) is 12.6 Å². The summed E-state index contributed by atoms with van der Waals surface area (Å²) in [5.74, 6) is 0.0891. The third-order valence-electron chi connectivity index (χ3n) is 2.00. The molecule has 1 rings (SSSR count). The van der Waals surface area contributed by atoms with Crippen LogP contribution in [0, 0.1) is 0 Å². The Morgan fingerprint density at radius 1 is 1.62 bits per heavy atom. The van der Waals surface area contributed by atoms with Gasteiger partial charge >= 0.3 is 0 Å². The molecule has 1 amide bonds. The molecule has 0 spiro atoms. The van der Waals surface area contributed by atoms with E-state index in [1.165, 1.54) is 0 Å². The summed E-state index contributed by atoms with van der Waals surface area (Å²) in [6.45, 7) is 2.41. The molecule has 0 aliphatic carbocycles. The summed E-state index contributed by atoms with van der Waals surface area (Å²) in [6.07, 6.45) is 2.26. The van der Waals surface area contributed by atoms with Gasteiger partial charge in [0.25, 0.3) is 0 Å². The normalized spacial score (nSPS) is 21.8. The van der Waals surface area contributed by atoms with E-state index in [2.05, 4.69) is 16.0 Å². The Morgan fingerprint density at radius 3 is 2.92 bits per heavy atom. The van der Waals surface area contributed by atoms with Crippen LogP contribution in [0.5, 0.6) is 0 Å². The zero-order valence-electron chi connectivity index (χ0n) is 7.93. The number of nitrogens with one attached hydrogen (secondary N) is 3. The van der Waals surface area contributed by atoms with E-state index in [1.54, 1.807) is 7.05 Å². The van der Waals surface area contributed by atoms with Crippen molar-refractivity contribution >= 4 is 18.3 Å². The highest BCUT2D eigenvalue weighted by atomic mass is 35.5. The standard InChI is InChI=1S/C8H17N3O.ClH/c1-9-6-8(12)11-7-3-2-4-10-5-7;/h7,9-10H,2-6H2,1H3,(H,11,12);1H/t7-;/m0./s1. The molecule has 13 heavy (non-hydrogen) atoms. The fraction of sp³-hybridized carbons (Fsp3) is 0.875. The minimum atomic E-state index is 0. The first kappa shape index (κ1) is 12.7. The maximum atomic E-state index is 11.1. The second kappa shape index (κ2) is 7.12. The Bertz CT molecular complexity index is 148. The largest absolute Gasteiger partial charge is 0.351 e. The Kier molecular flexibility index (Phi) is 6.94. The SMILES string of the molecule is CNCC(=O)N[C@H]1CCCNC1.Cl. The van der Waals surface area contributed by atoms with Crippen molar-refractivity contribution < 1.29 is 4.79 Å². The van der Waals surface area contributed by atoms with Crippen molar-refractivity contribution in [3.8, 4) is 0 Å². The average Bonchev–Trinajstić information content (AvgIpc) is 2.06. The predicted octanol–water partition coefficient (Wildman–Crippen LogP) is -0.504. The lowest BCUT2D eigenvalue weighted by Gasteiger charge is -2.23. The molecule has 0 aromatic heterocycles. The van der Waals surface area contributed by atoms with Crippen molar-refractivity contribution in [2.75, 3.05) is 26.7 Å². The highest BCUT2D eigenvalue weighted by Crippen LogP contribution is 2.00. The zero-order valence-corrected chi connectivity index (χ0v) is 8.75. The van der Waals surface area contributed by atoms with Crippen LogP contribution in [0.2, 0.25) is 0 Å². The molecule has 1 atom stereocenters. The second-order valence-electron chi connectivity index (χ2n) is 3.14. The first-order valence-corrected chi connectivity index (χ1v) is 4.47. The van der Waals surface area contributed by atoms with Gasteiger partial charge in [0.15, 0.2) is 0 Å². The molecule has 3 N–H and O–H groups in total. The number of halogens is 1. The smallest absolute Gasteiger partial charge is 0.234 e. The molecule has 78 valence electrons. The highest BCUT2D eigenvalue weighted by Gasteiger charge is 2.14. The molecule has 0 unspecified atom stereocenters. The van der Waals surface area contributed by atoms with Crippen LogP contribution in [0.25, 0.3) is 0 Å². The van der Waals surface area contributed by atoms with Gasteiger partial charge in [0.05, 0.1) is 6.54 Å². The fourth-order valence-electron chi connectivity index (χ4n) is 1.41. The summed E-state index contributed by atoms with van der Waals surface area (Å²) in [6, 6.07) is 0.333. The first-order valence-electron chi connectivity index (χ1n) is 4.47. The van der Waals surface area contributed by atoms with Crippen LogP contribution in [-0.2, 0) is 4.79 Å². The van der Waals surface area contributed by atoms with Crippen LogP contribution in [0.1, 0.15) is 12.8 Å². The first-order chi connectivity index (χ1) is 5.83. The van der Waals surface area contributed by atoms with E-state index in [1.807, 2.05) is 0 Å². The van der Waals surface area contributed by atoms with Gasteiger partial charge in [-0.25, -0.2) is 0 Å². The van der Waals surface area contributed by atoms with Gasteiger partial charge in [-0.15, -0.1) is 12.4 Å². The van der Waals surface area contributed by atoms with Crippen LogP contribution in [-0.4, -0.2) is 38.6 Å². The Hall–Kier alpha value is -0.320. The second-order valence-corrected chi connectivity index (χ2v) is 3.14. The molecular formula is C8H18ClN3O. The van der Waals surface area contributed by atoms with Gasteiger partial charge in [0.1, 0.15) is 0 Å². The third-order valence-corrected chi connectivity index (χ3v) is 2.00. The average molecular weight is 208 g/mol. The molecule has 1 aliphatic heterocycles. The van der Waals surface area contributed by atoms with E-state index in [-0.39, 0.29) is 18.3 Å². The van der Waals surface area contributed by atoms with Crippen molar-refractivity contribution in [1.82, 2.24) is 16.0 Å². The molecule has 1 heterocycles. The van der Waals surface area contributed by atoms with Crippen molar-refractivity contribution in [1.29, 1.82) is 0 Å². The molecule has 0 saturated carbocycles. The zero-order chi connectivity index (χ0) is 8.81. The number of piperidine rings is 1. The topological polar surface area (TPSA) is 53.2 Å². The maximum Gasteiger partial charge on any atom is 0.234 e. The fourth-order valence-corrected chi connectivity index (χ4v) is 1.41. The minimum Gasteiger partial charge on any atom is -0.351 e. The van der Waals surface area contributed by atoms with Gasteiger partial charge in [0, 0.05) is 12.6 Å². The third kappa shape index (κ3) is 5.08. The summed E-state index contributed by atoms with van der Waals surface area (Å²) in [7, 11) is 1.78. The van der Waals surface area contributed by atoms with Gasteiger partial charge in [-0.2, -0.15) is 0 Å². The van der Waals surface area contributed by atoms with E-state index < -0.39 is 0 Å². The van der Waals surface area contributed by atoms with Crippen LogP contribution < -0.4 is 16.0 Å². The van der Waals surface area contributed by atoms with Crippen molar-refractivity contribution in [3.63, 3.8) is 0 Å². The van der Waals surface area contributed by atoms with Crippen LogP contribution in [0.4, 0.5) is 0 Å². The van der Waals surface area contributed by atoms with Crippen LogP contribution in [0.3, 0.4) is 0 Å². The van der Waals surface area contributed by atoms with Gasteiger partial charge in [-0.05, 0) is 26.4 Å². The molecule has 1 fully saturated rings. The van der Waals surface area contributed by atoms with Gasteiger partial charge in [-0.3, -0.25) is 4.79 Å². The van der Waals surface area contributed by atoms with Crippen molar-refractivity contribution in [2.24, 2.45) is 0 Å². The number of likely N-dealkylation sites (N-methyl/N-ethyl adjacent to an activating group) is 1. The molecular weight excluding hydrogens is 190 g/mol. The van der Waals surface area contributed by atoms with Gasteiger partial charge in [-0.1, -0.05) is 0 Å². The Morgan fingerprint density at radius 2 is 2.38 bits per heavy atom. The molecule has 4 nitrogen and oxygen atoms in total. The summed E-state index contributed by atoms with van der Waals surface area (Å²) >= 11 is 0. The minimum absolute atomic E-state index is 0. The number of carbonyl (C=O) groups is 1. The summed E-state index contributed by atoms with van der Waals surface area (Å²) in [5, 5.41) is 9.03. The highest BCUT2D eigenvalue weighted by molar-refractivity contribution is 5.85. The number of hydrogen-bond acceptors (Lipinski definition) is 3. The van der Waals surface area contributed by atoms with E-state index in [4.69, 9.17) is 0 Å². The molecule has 1 aliphatic rings. The molecule has 0 bridgehead atoms. The van der Waals surface area contributed by atoms with E-state index in [0.717, 1.165) is 25.9 Å². The predicted molar refractivity (Wildman–Crippen MR) is 55.2 cm³/mol. The lowest BCUT2D eigenvalue weighted by molar-refractivity contribution is -0.120. The van der Waals surface area contributed by atoms with Crippen molar-refractivity contribution in [3.05, 3.63) is 0 Å². The molecule has 0 radical (unpaired) electrons. The summed E-state index contributed by atoms with van der Waals surface area (Å²) in [4.78, 5) is 11.1. The van der Waals surface area contributed by atoms with Crippen LogP contribution >= 0.6 is 12.4 Å². The molecule has 1 saturated heterocycles. The van der Waals surface area contributed by atoms with Gasteiger partial charge in [0.2, 0.25) is 5.91 Å². The van der Waals surface area contributed by atoms with E-state index >= 15 is 0 Å². The molecule has 0 aromatic rings. The Labute approximate surface area is 85.3 Å². The van der Waals surface area contributed by atoms with Crippen molar-refractivity contribution in [2.45, 2.75) is 18.9 Å². The molecule has 0 aromatic carbocycles. The van der Waals surface area contributed by atoms with Crippen LogP contribution in [0.15, 0.2) is 0 Å². The number of carbonyl (C=O) groups excluding carboxylic acids is 1. The monoisotopic (exact) mass is 207 g/mol. The quantitative estimate of drug-likeness (QED) is 0.585.